The summed E-state index contributed by atoms with van der Waals surface area (Å²) >= 11 is 1.62. The van der Waals surface area contributed by atoms with Gasteiger partial charge in [0.2, 0.25) is 11.8 Å². The van der Waals surface area contributed by atoms with Crippen molar-refractivity contribution in [1.29, 1.82) is 0 Å². The van der Waals surface area contributed by atoms with E-state index in [2.05, 4.69) is 11.2 Å². The number of hydrogen-bond acceptors (Lipinski definition) is 6. The van der Waals surface area contributed by atoms with Crippen molar-refractivity contribution in [2.75, 3.05) is 44.8 Å². The first-order chi connectivity index (χ1) is 19.0. The largest absolute Gasteiger partial charge is 0.375 e. The van der Waals surface area contributed by atoms with Gasteiger partial charge in [-0.3, -0.25) is 9.59 Å². The maximum atomic E-state index is 13.6. The van der Waals surface area contributed by atoms with Gasteiger partial charge in [-0.2, -0.15) is 16.8 Å². The molecule has 0 saturated carbocycles. The van der Waals surface area contributed by atoms with Crippen LogP contribution in [0.25, 0.3) is 0 Å². The highest BCUT2D eigenvalue weighted by Crippen LogP contribution is 2.28. The van der Waals surface area contributed by atoms with Gasteiger partial charge in [0.05, 0.1) is 32.8 Å². The quantitative estimate of drug-likeness (QED) is 0.342. The number of nitrogens with one attached hydrogen (secondary N) is 1. The number of ether oxygens (including phenoxy) is 1. The summed E-state index contributed by atoms with van der Waals surface area (Å²) < 4.78 is 5.86. The molecule has 2 aromatic carbocycles. The van der Waals surface area contributed by atoms with E-state index in [0.29, 0.717) is 38.5 Å². The Hall–Kier alpha value is -3.52. The van der Waals surface area contributed by atoms with Gasteiger partial charge in [0.15, 0.2) is 0 Å². The van der Waals surface area contributed by atoms with Crippen LogP contribution in [0, 0.1) is 12.3 Å². The van der Waals surface area contributed by atoms with Crippen LogP contribution in [0.2, 0.25) is 0 Å². The lowest BCUT2D eigenvalue weighted by Crippen LogP contribution is -2.76. The van der Waals surface area contributed by atoms with Crippen molar-refractivity contribution < 1.29 is 19.1 Å². The second-order valence-electron chi connectivity index (χ2n) is 9.42. The van der Waals surface area contributed by atoms with Crippen LogP contribution in [-0.4, -0.2) is 94.7 Å². The molecule has 2 heterocycles. The molecule has 2 saturated heterocycles. The first kappa shape index (κ1) is 28.5. The highest BCUT2D eigenvalue weighted by Gasteiger charge is 2.50. The fourth-order valence-corrected chi connectivity index (χ4v) is 5.40. The van der Waals surface area contributed by atoms with Crippen molar-refractivity contribution in [3.05, 3.63) is 71.8 Å². The van der Waals surface area contributed by atoms with E-state index in [0.717, 1.165) is 11.1 Å². The van der Waals surface area contributed by atoms with Crippen molar-refractivity contribution >= 4 is 29.6 Å². The number of hydrogen-bond donors (Lipinski definition) is 1. The Morgan fingerprint density at radius 1 is 1.10 bits per heavy atom. The summed E-state index contributed by atoms with van der Waals surface area (Å²) in [6.07, 6.45) is 7.41. The molecule has 0 spiro atoms. The fraction of sp³-hybridized carbons (Fsp3) is 0.414. The maximum Gasteiger partial charge on any atom is 0.334 e. The summed E-state index contributed by atoms with van der Waals surface area (Å²) in [4.78, 5) is 43.8. The number of piperazine rings is 1. The smallest absolute Gasteiger partial charge is 0.334 e. The van der Waals surface area contributed by atoms with Gasteiger partial charge in [0.1, 0.15) is 12.2 Å². The number of carbonyl (C=O) groups is 3. The van der Waals surface area contributed by atoms with Gasteiger partial charge in [-0.05, 0) is 29.6 Å². The van der Waals surface area contributed by atoms with Gasteiger partial charge < -0.3 is 19.9 Å². The summed E-state index contributed by atoms with van der Waals surface area (Å²) in [6, 6.07) is 18.4. The van der Waals surface area contributed by atoms with E-state index in [1.54, 1.807) is 26.6 Å². The monoisotopic (exact) mass is 549 g/mol. The molecule has 2 aliphatic heterocycles. The molecule has 2 fully saturated rings. The zero-order valence-corrected chi connectivity index (χ0v) is 23.0. The van der Waals surface area contributed by atoms with E-state index in [1.165, 1.54) is 5.01 Å². The van der Waals surface area contributed by atoms with Gasteiger partial charge in [0.25, 0.3) is 0 Å². The third-order valence-electron chi connectivity index (χ3n) is 6.81. The summed E-state index contributed by atoms with van der Waals surface area (Å²) in [5.74, 6) is 2.95. The van der Waals surface area contributed by atoms with E-state index in [-0.39, 0.29) is 37.5 Å². The highest BCUT2D eigenvalue weighted by molar-refractivity contribution is 7.98. The molecule has 0 radical (unpaired) electrons. The Morgan fingerprint density at radius 3 is 2.46 bits per heavy atom. The summed E-state index contributed by atoms with van der Waals surface area (Å²) in [7, 11) is 0. The lowest BCUT2D eigenvalue weighted by Gasteiger charge is -2.54. The van der Waals surface area contributed by atoms with Crippen LogP contribution in [-0.2, 0) is 27.5 Å². The molecule has 1 N–H and O–H groups in total. The average molecular weight is 550 g/mol. The third kappa shape index (κ3) is 7.12. The molecule has 4 rings (SSSR count). The maximum absolute atomic E-state index is 13.6. The van der Waals surface area contributed by atoms with Crippen LogP contribution in [0.3, 0.4) is 0 Å². The van der Waals surface area contributed by atoms with Crippen molar-refractivity contribution in [2.24, 2.45) is 0 Å². The number of benzene rings is 2. The number of rotatable bonds is 11. The normalized spacial score (nSPS) is 19.5. The van der Waals surface area contributed by atoms with Crippen molar-refractivity contribution in [2.45, 2.75) is 31.8 Å². The Bertz CT molecular complexity index is 1160. The Kier molecular flexibility index (Phi) is 10.3. The van der Waals surface area contributed by atoms with E-state index < -0.39 is 12.2 Å². The molecule has 0 aliphatic carbocycles. The number of fused-ring (bicyclic) bond motifs is 1. The Balaban J connectivity index is 1.52. The van der Waals surface area contributed by atoms with Gasteiger partial charge in [0, 0.05) is 13.1 Å². The van der Waals surface area contributed by atoms with Gasteiger partial charge >= 0.3 is 6.03 Å². The molecule has 2 atom stereocenters. The first-order valence-corrected chi connectivity index (χ1v) is 14.4. The molecule has 9 nitrogen and oxygen atoms in total. The van der Waals surface area contributed by atoms with Crippen LogP contribution < -0.4 is 5.32 Å². The number of carbonyl (C=O) groups excluding carboxylic acids is 3. The molecule has 2 aromatic rings. The van der Waals surface area contributed by atoms with E-state index >= 15 is 0 Å². The lowest BCUT2D eigenvalue weighted by atomic mass is 10.0. The highest BCUT2D eigenvalue weighted by atomic mass is 32.2. The average Bonchev–Trinajstić information content (AvgIpc) is 2.95. The zero-order chi connectivity index (χ0) is 27.6. The standard InChI is InChI=1S/C29H35N5O4S/c1-3-15-32-21-27(35)33-25(14-18-39-2)28(36)31(16-17-38-22-24-12-8-5-9-13-24)20-26(33)34(32)29(37)30-19-23-10-6-4-7-11-23/h1,4-13,25-26H,14-22H2,2H3,(H,30,37)/t25-,26-/m0/s1. The molecule has 4 amide bonds. The van der Waals surface area contributed by atoms with Crippen LogP contribution in [0.15, 0.2) is 60.7 Å². The minimum absolute atomic E-state index is 0.0668. The van der Waals surface area contributed by atoms with Gasteiger partial charge in [-0.1, -0.05) is 66.6 Å². The minimum Gasteiger partial charge on any atom is -0.375 e. The molecule has 0 unspecified atom stereocenters. The third-order valence-corrected chi connectivity index (χ3v) is 7.45. The fourth-order valence-electron chi connectivity index (χ4n) is 4.94. The zero-order valence-electron chi connectivity index (χ0n) is 22.2. The molecule has 0 aromatic heterocycles. The summed E-state index contributed by atoms with van der Waals surface area (Å²) in [5, 5.41) is 6.09. The van der Waals surface area contributed by atoms with Crippen LogP contribution >= 0.6 is 11.8 Å². The van der Waals surface area contributed by atoms with Gasteiger partial charge in [-0.15, -0.1) is 6.42 Å². The van der Waals surface area contributed by atoms with Gasteiger partial charge in [-0.25, -0.2) is 9.80 Å². The lowest BCUT2D eigenvalue weighted by molar-refractivity contribution is -0.189. The van der Waals surface area contributed by atoms with Crippen LogP contribution in [0.5, 0.6) is 0 Å². The number of nitrogens with zero attached hydrogens (tertiary/aromatic N) is 4. The second kappa shape index (κ2) is 14.0. The second-order valence-corrected chi connectivity index (χ2v) is 10.4. The van der Waals surface area contributed by atoms with E-state index in [1.807, 2.05) is 66.9 Å². The van der Waals surface area contributed by atoms with Crippen LogP contribution in [0.1, 0.15) is 17.5 Å². The number of urea groups is 1. The molecule has 10 heteroatoms. The summed E-state index contributed by atoms with van der Waals surface area (Å²) in [5.41, 5.74) is 2.00. The summed E-state index contributed by atoms with van der Waals surface area (Å²) in [6.45, 7) is 1.67. The number of hydrazine groups is 1. The van der Waals surface area contributed by atoms with Crippen molar-refractivity contribution in [3.8, 4) is 12.3 Å². The molecule has 206 valence electrons. The first-order valence-electron chi connectivity index (χ1n) is 13.0. The number of terminal acetylenes is 1. The predicted octanol–water partition coefficient (Wildman–Crippen LogP) is 2.40. The minimum atomic E-state index is -0.672. The molecule has 39 heavy (non-hydrogen) atoms. The topological polar surface area (TPSA) is 85.4 Å². The van der Waals surface area contributed by atoms with Crippen molar-refractivity contribution in [3.63, 3.8) is 0 Å². The van der Waals surface area contributed by atoms with E-state index in [4.69, 9.17) is 11.2 Å². The van der Waals surface area contributed by atoms with Crippen LogP contribution in [0.4, 0.5) is 4.79 Å². The number of thioether (sulfide) groups is 1. The molecular weight excluding hydrogens is 514 g/mol. The SMILES string of the molecule is C#CCN1CC(=O)N2[C@@H](CCSC)C(=O)N(CCOCc3ccccc3)C[C@@H]2N1C(=O)NCc1ccccc1. The van der Waals surface area contributed by atoms with Crippen molar-refractivity contribution in [1.82, 2.24) is 25.1 Å². The number of amides is 4. The molecule has 2 aliphatic rings. The molecular formula is C29H35N5O4S. The molecule has 0 bridgehead atoms. The Morgan fingerprint density at radius 2 is 1.79 bits per heavy atom. The Labute approximate surface area is 234 Å². The predicted molar refractivity (Wildman–Crippen MR) is 151 cm³/mol. The van der Waals surface area contributed by atoms with E-state index in [9.17, 15) is 14.4 Å².